The minimum atomic E-state index is -0.193. The van der Waals surface area contributed by atoms with Gasteiger partial charge in [0.1, 0.15) is 18.1 Å². The number of rotatable bonds is 7. The van der Waals surface area contributed by atoms with Crippen LogP contribution in [0.25, 0.3) is 0 Å². The van der Waals surface area contributed by atoms with Gasteiger partial charge in [0.25, 0.3) is 0 Å². The van der Waals surface area contributed by atoms with Crippen molar-refractivity contribution in [2.24, 2.45) is 4.99 Å². The lowest BCUT2D eigenvalue weighted by Gasteiger charge is -2.09. The molecule has 4 rings (SSSR count). The normalized spacial score (nSPS) is 16.2. The molecule has 1 aliphatic rings. The number of benzene rings is 2. The molecule has 138 valence electrons. The van der Waals surface area contributed by atoms with Gasteiger partial charge in [-0.1, -0.05) is 48.5 Å². The lowest BCUT2D eigenvalue weighted by Crippen LogP contribution is -2.11. The number of thioether (sulfide) groups is 1. The van der Waals surface area contributed by atoms with Crippen molar-refractivity contribution in [3.63, 3.8) is 0 Å². The second kappa shape index (κ2) is 8.44. The zero-order valence-electron chi connectivity index (χ0n) is 14.9. The van der Waals surface area contributed by atoms with E-state index in [4.69, 9.17) is 9.73 Å². The molecule has 1 aliphatic heterocycles. The highest BCUT2D eigenvalue weighted by atomic mass is 32.2. The molecule has 0 aliphatic carbocycles. The average Bonchev–Trinajstić information content (AvgIpc) is 3.34. The summed E-state index contributed by atoms with van der Waals surface area (Å²) < 4.78 is 21.8. The Hall–Kier alpha value is -2.53. The molecule has 2 aromatic carbocycles. The largest absolute Gasteiger partial charge is 0.474 e. The van der Waals surface area contributed by atoms with Crippen LogP contribution in [0.4, 0.5) is 4.39 Å². The molecule has 0 spiro atoms. The van der Waals surface area contributed by atoms with Crippen molar-refractivity contribution in [2.45, 2.75) is 18.3 Å². The molecule has 0 radical (unpaired) electrons. The third-order valence-corrected chi connectivity index (χ3v) is 5.64. The number of ether oxygens (including phenoxy) is 1. The van der Waals surface area contributed by atoms with Crippen LogP contribution in [0.2, 0.25) is 0 Å². The van der Waals surface area contributed by atoms with Crippen molar-refractivity contribution in [2.75, 3.05) is 12.4 Å². The molecule has 5 heteroatoms. The highest BCUT2D eigenvalue weighted by molar-refractivity contribution is 7.98. The van der Waals surface area contributed by atoms with Crippen LogP contribution in [0.5, 0.6) is 0 Å². The zero-order chi connectivity index (χ0) is 18.5. The summed E-state index contributed by atoms with van der Waals surface area (Å²) in [6, 6.07) is 21.4. The minimum absolute atomic E-state index is 0.158. The van der Waals surface area contributed by atoms with Crippen LogP contribution in [0, 0.1) is 5.82 Å². The number of nitrogens with zero attached hydrogens (tertiary/aromatic N) is 2. The molecule has 3 nitrogen and oxygen atoms in total. The van der Waals surface area contributed by atoms with Gasteiger partial charge in [-0.05, 0) is 23.8 Å². The van der Waals surface area contributed by atoms with E-state index in [-0.39, 0.29) is 11.9 Å². The van der Waals surface area contributed by atoms with Crippen molar-refractivity contribution >= 4 is 17.7 Å². The predicted molar refractivity (Wildman–Crippen MR) is 109 cm³/mol. The van der Waals surface area contributed by atoms with Crippen molar-refractivity contribution in [3.8, 4) is 0 Å². The highest BCUT2D eigenvalue weighted by Gasteiger charge is 2.22. The zero-order valence-corrected chi connectivity index (χ0v) is 15.7. The van der Waals surface area contributed by atoms with Crippen molar-refractivity contribution in [1.29, 1.82) is 0 Å². The van der Waals surface area contributed by atoms with Gasteiger partial charge in [0, 0.05) is 23.3 Å². The molecule has 2 heterocycles. The van der Waals surface area contributed by atoms with Gasteiger partial charge in [0.2, 0.25) is 5.90 Å². The highest BCUT2D eigenvalue weighted by Crippen LogP contribution is 2.20. The van der Waals surface area contributed by atoms with Crippen molar-refractivity contribution in [3.05, 3.63) is 95.6 Å². The summed E-state index contributed by atoms with van der Waals surface area (Å²) in [7, 11) is 0. The molecule has 0 bridgehead atoms. The Morgan fingerprint density at radius 2 is 1.85 bits per heavy atom. The molecule has 1 aromatic heterocycles. The van der Waals surface area contributed by atoms with Crippen LogP contribution in [0.1, 0.15) is 16.8 Å². The Labute approximate surface area is 162 Å². The molecule has 0 amide bonds. The minimum Gasteiger partial charge on any atom is -0.474 e. The smallest absolute Gasteiger partial charge is 0.233 e. The van der Waals surface area contributed by atoms with Crippen LogP contribution in [-0.4, -0.2) is 28.9 Å². The fourth-order valence-electron chi connectivity index (χ4n) is 3.08. The van der Waals surface area contributed by atoms with Crippen molar-refractivity contribution in [1.82, 2.24) is 4.57 Å². The van der Waals surface area contributed by atoms with E-state index in [2.05, 4.69) is 24.3 Å². The first-order chi connectivity index (χ1) is 13.3. The number of aliphatic imine (C=N–C) groups is 1. The van der Waals surface area contributed by atoms with Crippen LogP contribution in [0.15, 0.2) is 77.9 Å². The van der Waals surface area contributed by atoms with E-state index in [9.17, 15) is 4.39 Å². The molecule has 27 heavy (non-hydrogen) atoms. The van der Waals surface area contributed by atoms with Crippen molar-refractivity contribution < 1.29 is 9.13 Å². The molecule has 0 saturated carbocycles. The summed E-state index contributed by atoms with van der Waals surface area (Å²) >= 11 is 1.87. The van der Waals surface area contributed by atoms with Gasteiger partial charge in [-0.25, -0.2) is 9.38 Å². The summed E-state index contributed by atoms with van der Waals surface area (Å²) in [6.07, 6.45) is 1.94. The van der Waals surface area contributed by atoms with Gasteiger partial charge in [0.15, 0.2) is 0 Å². The Morgan fingerprint density at radius 3 is 2.70 bits per heavy atom. The maximum atomic E-state index is 14.0. The predicted octanol–water partition coefficient (Wildman–Crippen LogP) is 4.75. The van der Waals surface area contributed by atoms with E-state index in [0.29, 0.717) is 24.6 Å². The topological polar surface area (TPSA) is 26.5 Å². The monoisotopic (exact) mass is 380 g/mol. The van der Waals surface area contributed by atoms with E-state index in [0.717, 1.165) is 17.2 Å². The quantitative estimate of drug-likeness (QED) is 0.591. The fourth-order valence-corrected chi connectivity index (χ4v) is 4.07. The maximum absolute atomic E-state index is 14.0. The molecular weight excluding hydrogens is 359 g/mol. The summed E-state index contributed by atoms with van der Waals surface area (Å²) in [6.45, 7) is 1.06. The summed E-state index contributed by atoms with van der Waals surface area (Å²) in [5, 5.41) is 0. The SMILES string of the molecule is Fc1ccccc1Cn1cccc1C1=N[C@H](CSCc2ccccc2)CO1. The fraction of sp³-hybridized carbons (Fsp3) is 0.227. The first kappa shape index (κ1) is 17.9. The third-order valence-electron chi connectivity index (χ3n) is 4.48. The number of aromatic nitrogens is 1. The molecule has 3 aromatic rings. The Bertz CT molecular complexity index is 923. The van der Waals surface area contributed by atoms with Gasteiger partial charge >= 0.3 is 0 Å². The second-order valence-electron chi connectivity index (χ2n) is 6.51. The molecule has 1 atom stereocenters. The van der Waals surface area contributed by atoms with E-state index in [1.807, 2.05) is 46.8 Å². The molecule has 0 saturated heterocycles. The summed E-state index contributed by atoms with van der Waals surface area (Å²) in [4.78, 5) is 4.75. The van der Waals surface area contributed by atoms with Gasteiger partial charge < -0.3 is 9.30 Å². The van der Waals surface area contributed by atoms with Crippen LogP contribution < -0.4 is 0 Å². The molecule has 0 N–H and O–H groups in total. The van der Waals surface area contributed by atoms with Crippen LogP contribution in [-0.2, 0) is 17.0 Å². The van der Waals surface area contributed by atoms with Crippen LogP contribution in [0.3, 0.4) is 0 Å². The van der Waals surface area contributed by atoms with E-state index in [1.54, 1.807) is 12.1 Å². The Kier molecular flexibility index (Phi) is 5.58. The number of halogens is 1. The van der Waals surface area contributed by atoms with Gasteiger partial charge in [0.05, 0.1) is 12.6 Å². The van der Waals surface area contributed by atoms with Gasteiger partial charge in [-0.2, -0.15) is 11.8 Å². The first-order valence-corrected chi connectivity index (χ1v) is 10.2. The van der Waals surface area contributed by atoms with E-state index in [1.165, 1.54) is 11.6 Å². The van der Waals surface area contributed by atoms with Crippen LogP contribution >= 0.6 is 11.8 Å². The summed E-state index contributed by atoms with van der Waals surface area (Å²) in [5.41, 5.74) is 2.88. The molecule has 0 unspecified atom stereocenters. The maximum Gasteiger partial charge on any atom is 0.233 e. The van der Waals surface area contributed by atoms with E-state index < -0.39 is 0 Å². The van der Waals surface area contributed by atoms with E-state index >= 15 is 0 Å². The summed E-state index contributed by atoms with van der Waals surface area (Å²) in [5.74, 6) is 2.36. The number of hydrogen-bond donors (Lipinski definition) is 0. The van der Waals surface area contributed by atoms with Gasteiger partial charge in [-0.15, -0.1) is 0 Å². The third kappa shape index (κ3) is 4.42. The molecule has 0 fully saturated rings. The molecular formula is C22H21FN2OS. The number of hydrogen-bond acceptors (Lipinski definition) is 3. The Morgan fingerprint density at radius 1 is 1.04 bits per heavy atom. The lowest BCUT2D eigenvalue weighted by atomic mass is 10.2. The second-order valence-corrected chi connectivity index (χ2v) is 7.54. The Balaban J connectivity index is 1.39. The lowest BCUT2D eigenvalue weighted by molar-refractivity contribution is 0.323. The van der Waals surface area contributed by atoms with Gasteiger partial charge in [-0.3, -0.25) is 0 Å². The first-order valence-electron chi connectivity index (χ1n) is 9.01. The average molecular weight is 380 g/mol. The standard InChI is InChI=1S/C22H21FN2OS/c23-20-10-5-4-9-18(20)13-25-12-6-11-21(25)22-24-19(14-26-22)16-27-15-17-7-2-1-3-8-17/h1-12,19H,13-16H2/t19-/m0/s1.